The topological polar surface area (TPSA) is 88.3 Å². The molecule has 0 spiro atoms. The van der Waals surface area contributed by atoms with Crippen molar-refractivity contribution in [2.45, 2.75) is 32.2 Å². The van der Waals surface area contributed by atoms with E-state index in [4.69, 9.17) is 5.11 Å². The Balaban J connectivity index is 1.71. The molecule has 1 unspecified atom stereocenters. The minimum Gasteiger partial charge on any atom is -0.481 e. The molecule has 2 heterocycles. The first-order chi connectivity index (χ1) is 11.6. The fourth-order valence-corrected chi connectivity index (χ4v) is 3.13. The summed E-state index contributed by atoms with van der Waals surface area (Å²) in [5.74, 6) is -0.595. The van der Waals surface area contributed by atoms with Gasteiger partial charge in [0.1, 0.15) is 0 Å². The first-order valence-corrected chi connectivity index (χ1v) is 8.07. The fraction of sp³-hybridized carbons (Fsp3) is 0.412. The third-order valence-electron chi connectivity index (χ3n) is 4.33. The van der Waals surface area contributed by atoms with Crippen LogP contribution in [0.5, 0.6) is 0 Å². The second-order valence-corrected chi connectivity index (χ2v) is 6.05. The van der Waals surface area contributed by atoms with Crippen LogP contribution in [0, 0.1) is 5.92 Å². The zero-order valence-electron chi connectivity index (χ0n) is 13.3. The smallest absolute Gasteiger partial charge is 0.303 e. The molecule has 0 saturated heterocycles. The molecule has 1 aliphatic heterocycles. The first kappa shape index (κ1) is 16.2. The molecule has 24 heavy (non-hydrogen) atoms. The lowest BCUT2D eigenvalue weighted by atomic mass is 9.89. The number of hydrogen-bond acceptors (Lipinski definition) is 4. The molecule has 0 bridgehead atoms. The Hall–Kier alpha value is -2.70. The number of amides is 1. The number of aryl methyl sites for hydroxylation is 1. The van der Waals surface area contributed by atoms with Gasteiger partial charge in [-0.3, -0.25) is 14.3 Å². The molecule has 1 aromatic heterocycles. The third kappa shape index (κ3) is 3.79. The fourth-order valence-electron chi connectivity index (χ4n) is 3.13. The molecule has 1 N–H and O–H groups in total. The van der Waals surface area contributed by atoms with E-state index in [9.17, 15) is 9.59 Å². The number of benzene rings is 1. The molecular formula is C17H20N4O3. The summed E-state index contributed by atoms with van der Waals surface area (Å²) >= 11 is 0. The predicted octanol–water partition coefficient (Wildman–Crippen LogP) is 1.74. The standard InChI is InChI=1S/C17H20N4O3/c22-16(7-9-20-10-8-18-19-20)21-12-13(5-6-17(23)24)11-14-3-1-2-4-15(14)21/h1-4,8,10,13H,5-7,9,11-12H2,(H,23,24). The molecule has 3 rings (SSSR count). The van der Waals surface area contributed by atoms with Crippen LogP contribution < -0.4 is 4.90 Å². The van der Waals surface area contributed by atoms with E-state index in [1.165, 1.54) is 0 Å². The van der Waals surface area contributed by atoms with E-state index in [0.717, 1.165) is 17.7 Å². The van der Waals surface area contributed by atoms with E-state index >= 15 is 0 Å². The minimum absolute atomic E-state index is 0.0259. The Kier molecular flexibility index (Phi) is 4.88. The average molecular weight is 328 g/mol. The normalized spacial score (nSPS) is 16.7. The van der Waals surface area contributed by atoms with Crippen LogP contribution in [0.1, 0.15) is 24.8 Å². The zero-order chi connectivity index (χ0) is 16.9. The summed E-state index contributed by atoms with van der Waals surface area (Å²) in [6, 6.07) is 7.85. The summed E-state index contributed by atoms with van der Waals surface area (Å²) in [7, 11) is 0. The number of carbonyl (C=O) groups is 2. The van der Waals surface area contributed by atoms with Crippen molar-refractivity contribution in [3.63, 3.8) is 0 Å². The highest BCUT2D eigenvalue weighted by Gasteiger charge is 2.28. The van der Waals surface area contributed by atoms with Crippen molar-refractivity contribution in [1.82, 2.24) is 15.0 Å². The number of carbonyl (C=O) groups excluding carboxylic acids is 1. The summed E-state index contributed by atoms with van der Waals surface area (Å²) in [6.45, 7) is 1.05. The van der Waals surface area contributed by atoms with Gasteiger partial charge in [-0.2, -0.15) is 0 Å². The van der Waals surface area contributed by atoms with Gasteiger partial charge in [-0.15, -0.1) is 5.10 Å². The van der Waals surface area contributed by atoms with Crippen LogP contribution in [-0.2, 0) is 22.6 Å². The van der Waals surface area contributed by atoms with Crippen molar-refractivity contribution < 1.29 is 14.7 Å². The Bertz CT molecular complexity index is 714. The van der Waals surface area contributed by atoms with Crippen molar-refractivity contribution in [1.29, 1.82) is 0 Å². The molecule has 0 fully saturated rings. The van der Waals surface area contributed by atoms with Crippen LogP contribution in [0.15, 0.2) is 36.7 Å². The van der Waals surface area contributed by atoms with Gasteiger partial charge in [-0.1, -0.05) is 23.4 Å². The Labute approximate surface area is 139 Å². The molecule has 1 atom stereocenters. The lowest BCUT2D eigenvalue weighted by Gasteiger charge is -2.34. The van der Waals surface area contributed by atoms with E-state index in [0.29, 0.717) is 25.9 Å². The molecule has 0 aliphatic carbocycles. The summed E-state index contributed by atoms with van der Waals surface area (Å²) < 4.78 is 1.63. The van der Waals surface area contributed by atoms with Crippen LogP contribution >= 0.6 is 0 Å². The highest BCUT2D eigenvalue weighted by molar-refractivity contribution is 5.94. The highest BCUT2D eigenvalue weighted by Crippen LogP contribution is 2.31. The number of nitrogens with zero attached hydrogens (tertiary/aromatic N) is 4. The largest absolute Gasteiger partial charge is 0.481 e. The van der Waals surface area contributed by atoms with Crippen LogP contribution in [0.4, 0.5) is 5.69 Å². The number of aromatic nitrogens is 3. The number of carboxylic acids is 1. The molecule has 1 aromatic carbocycles. The minimum atomic E-state index is -0.794. The highest BCUT2D eigenvalue weighted by atomic mass is 16.4. The van der Waals surface area contributed by atoms with Crippen LogP contribution in [0.2, 0.25) is 0 Å². The number of anilines is 1. The zero-order valence-corrected chi connectivity index (χ0v) is 13.3. The molecule has 0 radical (unpaired) electrons. The van der Waals surface area contributed by atoms with Crippen molar-refractivity contribution >= 4 is 17.6 Å². The van der Waals surface area contributed by atoms with Gasteiger partial charge in [0.15, 0.2) is 0 Å². The summed E-state index contributed by atoms with van der Waals surface area (Å²) in [5.41, 5.74) is 2.04. The van der Waals surface area contributed by atoms with Gasteiger partial charge < -0.3 is 10.0 Å². The summed E-state index contributed by atoms with van der Waals surface area (Å²) in [5, 5.41) is 16.5. The van der Waals surface area contributed by atoms with E-state index in [1.54, 1.807) is 22.0 Å². The quantitative estimate of drug-likeness (QED) is 0.872. The van der Waals surface area contributed by atoms with E-state index < -0.39 is 5.97 Å². The van der Waals surface area contributed by atoms with E-state index in [2.05, 4.69) is 10.3 Å². The van der Waals surface area contributed by atoms with Gasteiger partial charge in [0, 0.05) is 31.3 Å². The van der Waals surface area contributed by atoms with Crippen molar-refractivity contribution in [2.24, 2.45) is 5.92 Å². The van der Waals surface area contributed by atoms with Gasteiger partial charge in [0.05, 0.1) is 12.7 Å². The number of carboxylic acid groups (broad SMARTS) is 1. The molecule has 0 saturated carbocycles. The Morgan fingerprint density at radius 3 is 2.83 bits per heavy atom. The van der Waals surface area contributed by atoms with Gasteiger partial charge in [0.2, 0.25) is 5.91 Å². The lowest BCUT2D eigenvalue weighted by Crippen LogP contribution is -2.40. The van der Waals surface area contributed by atoms with E-state index in [1.807, 2.05) is 24.3 Å². The lowest BCUT2D eigenvalue weighted by molar-refractivity contribution is -0.137. The van der Waals surface area contributed by atoms with Gasteiger partial charge in [-0.05, 0) is 30.4 Å². The van der Waals surface area contributed by atoms with Crippen LogP contribution in [0.25, 0.3) is 0 Å². The van der Waals surface area contributed by atoms with E-state index in [-0.39, 0.29) is 18.2 Å². The molecule has 2 aromatic rings. The van der Waals surface area contributed by atoms with Crippen LogP contribution in [-0.4, -0.2) is 38.5 Å². The SMILES string of the molecule is O=C(O)CCC1Cc2ccccc2N(C(=O)CCn2ccnn2)C1. The van der Waals surface area contributed by atoms with Crippen molar-refractivity contribution in [2.75, 3.05) is 11.4 Å². The number of hydrogen-bond donors (Lipinski definition) is 1. The number of aliphatic carboxylic acids is 1. The maximum absolute atomic E-state index is 12.7. The summed E-state index contributed by atoms with van der Waals surface area (Å²) in [6.07, 6.45) is 5.18. The molecule has 7 nitrogen and oxygen atoms in total. The Morgan fingerprint density at radius 2 is 2.08 bits per heavy atom. The number of para-hydroxylation sites is 1. The maximum Gasteiger partial charge on any atom is 0.303 e. The molecular weight excluding hydrogens is 308 g/mol. The molecule has 7 heteroatoms. The van der Waals surface area contributed by atoms with Gasteiger partial charge in [-0.25, -0.2) is 0 Å². The number of fused-ring (bicyclic) bond motifs is 1. The monoisotopic (exact) mass is 328 g/mol. The summed E-state index contributed by atoms with van der Waals surface area (Å²) in [4.78, 5) is 25.3. The van der Waals surface area contributed by atoms with Crippen molar-refractivity contribution in [3.05, 3.63) is 42.2 Å². The number of rotatable bonds is 6. The molecule has 1 aliphatic rings. The van der Waals surface area contributed by atoms with Crippen molar-refractivity contribution in [3.8, 4) is 0 Å². The predicted molar refractivity (Wildman–Crippen MR) is 87.5 cm³/mol. The van der Waals surface area contributed by atoms with Crippen LogP contribution in [0.3, 0.4) is 0 Å². The first-order valence-electron chi connectivity index (χ1n) is 8.07. The van der Waals surface area contributed by atoms with Gasteiger partial charge in [0.25, 0.3) is 0 Å². The second kappa shape index (κ2) is 7.25. The molecule has 1 amide bonds. The average Bonchev–Trinajstić information content (AvgIpc) is 3.10. The Morgan fingerprint density at radius 1 is 1.25 bits per heavy atom. The molecule has 126 valence electrons. The second-order valence-electron chi connectivity index (χ2n) is 6.05. The maximum atomic E-state index is 12.7. The third-order valence-corrected chi connectivity index (χ3v) is 4.33. The van der Waals surface area contributed by atoms with Gasteiger partial charge >= 0.3 is 5.97 Å².